The van der Waals surface area contributed by atoms with Crippen molar-refractivity contribution in [1.29, 1.82) is 0 Å². The van der Waals surface area contributed by atoms with E-state index >= 15 is 0 Å². The highest BCUT2D eigenvalue weighted by molar-refractivity contribution is 7.89. The van der Waals surface area contributed by atoms with Crippen LogP contribution in [0.25, 0.3) is 0 Å². The molecule has 9 nitrogen and oxygen atoms in total. The first-order valence-electron chi connectivity index (χ1n) is 14.4. The number of carbonyl (C=O) groups is 1. The molecule has 0 saturated heterocycles. The smallest absolute Gasteiger partial charge is 0.347 e. The van der Waals surface area contributed by atoms with E-state index in [-0.39, 0.29) is 17.4 Å². The Morgan fingerprint density at radius 3 is 1.89 bits per heavy atom. The summed E-state index contributed by atoms with van der Waals surface area (Å²) >= 11 is 0. The quantitative estimate of drug-likeness (QED) is 0.245. The lowest BCUT2D eigenvalue weighted by molar-refractivity contribution is -0.137. The maximum Gasteiger partial charge on any atom is 0.475 e. The number of sulfonamides is 1. The molecule has 0 bridgehead atoms. The van der Waals surface area contributed by atoms with Gasteiger partial charge in [0.15, 0.2) is 0 Å². The largest absolute Gasteiger partial charge is 0.475 e. The molecule has 0 radical (unpaired) electrons. The van der Waals surface area contributed by atoms with E-state index in [1.165, 1.54) is 0 Å². The predicted octanol–water partition coefficient (Wildman–Crippen LogP) is 7.15. The van der Waals surface area contributed by atoms with E-state index in [0.29, 0.717) is 25.7 Å². The van der Waals surface area contributed by atoms with Crippen LogP contribution in [-0.4, -0.2) is 38.2 Å². The van der Waals surface area contributed by atoms with E-state index < -0.39 is 58.8 Å². The van der Waals surface area contributed by atoms with E-state index in [0.717, 1.165) is 29.8 Å². The first-order valence-corrected chi connectivity index (χ1v) is 17.3. The number of hydrogen-bond acceptors (Lipinski definition) is 7. The third kappa shape index (κ3) is 11.3. The Hall–Kier alpha value is -2.28. The summed E-state index contributed by atoms with van der Waals surface area (Å²) in [5, 5.41) is 2.98. The van der Waals surface area contributed by atoms with Crippen molar-refractivity contribution in [3.05, 3.63) is 65.7 Å². The third-order valence-electron chi connectivity index (χ3n) is 6.60. The van der Waals surface area contributed by atoms with Crippen LogP contribution >= 0.6 is 7.82 Å². The predicted molar refractivity (Wildman–Crippen MR) is 160 cm³/mol. The molecular formula is C30H42F3N2O7PS. The van der Waals surface area contributed by atoms with Crippen LogP contribution in [0.5, 0.6) is 0 Å². The Kier molecular flexibility index (Phi) is 11.5. The summed E-state index contributed by atoms with van der Waals surface area (Å²) in [5.41, 5.74) is -1.89. The van der Waals surface area contributed by atoms with Gasteiger partial charge in [0.25, 0.3) is 0 Å². The van der Waals surface area contributed by atoms with Gasteiger partial charge in [-0.15, -0.1) is 0 Å². The van der Waals surface area contributed by atoms with Gasteiger partial charge in [-0.25, -0.2) is 17.7 Å². The Morgan fingerprint density at radius 2 is 1.41 bits per heavy atom. The molecule has 3 rings (SSSR count). The van der Waals surface area contributed by atoms with Crippen LogP contribution in [0.15, 0.2) is 59.5 Å². The number of benzene rings is 2. The van der Waals surface area contributed by atoms with Crippen molar-refractivity contribution in [2.75, 3.05) is 6.61 Å². The molecule has 0 unspecified atom stereocenters. The Balaban J connectivity index is 1.64. The molecule has 1 aliphatic carbocycles. The lowest BCUT2D eigenvalue weighted by Gasteiger charge is -2.32. The highest BCUT2D eigenvalue weighted by atomic mass is 32.2. The number of alkyl halides is 3. The Bertz CT molecular complexity index is 1380. The fourth-order valence-corrected chi connectivity index (χ4v) is 7.81. The molecule has 0 aliphatic heterocycles. The van der Waals surface area contributed by atoms with Crippen LogP contribution < -0.4 is 10.0 Å². The van der Waals surface area contributed by atoms with Crippen LogP contribution in [-0.2, 0) is 39.1 Å². The molecule has 1 amide bonds. The van der Waals surface area contributed by atoms with Gasteiger partial charge in [0.05, 0.1) is 34.3 Å². The second-order valence-electron chi connectivity index (χ2n) is 12.8. The zero-order valence-corrected chi connectivity index (χ0v) is 27.5. The van der Waals surface area contributed by atoms with Crippen LogP contribution in [0.4, 0.5) is 13.2 Å². The first-order chi connectivity index (χ1) is 20.2. The number of hydrogen-bond donors (Lipinski definition) is 2. The molecular weight excluding hydrogens is 620 g/mol. The molecule has 2 N–H and O–H groups in total. The summed E-state index contributed by atoms with van der Waals surface area (Å²) < 4.78 is 97.4. The molecule has 0 heterocycles. The van der Waals surface area contributed by atoms with Crippen LogP contribution in [0, 0.1) is 5.92 Å². The average Bonchev–Trinajstić information content (AvgIpc) is 2.89. The summed E-state index contributed by atoms with van der Waals surface area (Å²) in [7, 11) is -8.10. The number of halogens is 3. The Labute approximate surface area is 257 Å². The van der Waals surface area contributed by atoms with Crippen LogP contribution in [0.2, 0.25) is 0 Å². The minimum absolute atomic E-state index is 0.193. The van der Waals surface area contributed by atoms with Crippen molar-refractivity contribution in [3.8, 4) is 0 Å². The van der Waals surface area contributed by atoms with Gasteiger partial charge in [-0.2, -0.15) is 13.2 Å². The molecule has 2 aromatic rings. The van der Waals surface area contributed by atoms with Gasteiger partial charge in [0.2, 0.25) is 15.9 Å². The van der Waals surface area contributed by atoms with E-state index in [4.69, 9.17) is 13.6 Å². The monoisotopic (exact) mass is 662 g/mol. The SMILES string of the molecule is CC(C)(C)OP(=O)(OC[C@@H](NC(=O)[C@H]1CC[C@H](NS(=O)(=O)c2ccc(C(F)(F)F)cc2)CC1)c1ccccc1)OC(C)(C)C. The average molecular weight is 663 g/mol. The van der Waals surface area contributed by atoms with Crippen molar-refractivity contribution in [2.45, 2.75) is 102 Å². The summed E-state index contributed by atoms with van der Waals surface area (Å²) in [6.45, 7) is 10.2. The normalized spacial score (nSPS) is 19.4. The molecule has 1 atom stereocenters. The first kappa shape index (κ1) is 36.2. The van der Waals surface area contributed by atoms with Crippen LogP contribution in [0.1, 0.15) is 84.4 Å². The standard InChI is InChI=1S/C30H42F3N2O7PS/c1-28(2,3)41-43(37,42-29(4,5)6)40-20-26(21-10-8-7-9-11-21)34-27(36)22-12-16-24(17-13-22)35-44(38,39)25-18-14-23(15-19-25)30(31,32)33/h7-11,14-15,18-19,22,24,26,35H,12-13,16-17,20H2,1-6H3,(H,34,36)/t22-,24-,26-/m1/s1. The van der Waals surface area contributed by atoms with E-state index in [1.54, 1.807) is 65.8 Å². The van der Waals surface area contributed by atoms with Crippen molar-refractivity contribution in [2.24, 2.45) is 5.92 Å². The van der Waals surface area contributed by atoms with Gasteiger partial charge in [0, 0.05) is 12.0 Å². The molecule has 0 spiro atoms. The summed E-state index contributed by atoms with van der Waals surface area (Å²) in [6, 6.07) is 11.2. The third-order valence-corrected chi connectivity index (χ3v) is 10.1. The number of phosphoric ester groups is 1. The molecule has 246 valence electrons. The highest BCUT2D eigenvalue weighted by Gasteiger charge is 2.39. The second-order valence-corrected chi connectivity index (χ2v) is 16.0. The number of amides is 1. The van der Waals surface area contributed by atoms with Gasteiger partial charge in [-0.3, -0.25) is 18.4 Å². The fraction of sp³-hybridized carbons (Fsp3) is 0.567. The van der Waals surface area contributed by atoms with Gasteiger partial charge in [0.1, 0.15) is 0 Å². The lowest BCUT2D eigenvalue weighted by Crippen LogP contribution is -2.42. The highest BCUT2D eigenvalue weighted by Crippen LogP contribution is 2.55. The molecule has 1 saturated carbocycles. The van der Waals surface area contributed by atoms with Crippen molar-refractivity contribution in [1.82, 2.24) is 10.0 Å². The van der Waals surface area contributed by atoms with Gasteiger partial charge >= 0.3 is 14.0 Å². The summed E-state index contributed by atoms with van der Waals surface area (Å²) in [5.74, 6) is -0.689. The molecule has 14 heteroatoms. The van der Waals surface area contributed by atoms with E-state index in [2.05, 4.69) is 10.0 Å². The summed E-state index contributed by atoms with van der Waals surface area (Å²) in [6.07, 6.45) is -3.09. The zero-order valence-electron chi connectivity index (χ0n) is 25.8. The lowest BCUT2D eigenvalue weighted by atomic mass is 9.85. The Morgan fingerprint density at radius 1 is 0.886 bits per heavy atom. The van der Waals surface area contributed by atoms with Gasteiger partial charge < -0.3 is 5.32 Å². The maximum absolute atomic E-state index is 13.6. The van der Waals surface area contributed by atoms with Gasteiger partial charge in [-0.1, -0.05) is 30.3 Å². The molecule has 1 fully saturated rings. The van der Waals surface area contributed by atoms with Crippen LogP contribution in [0.3, 0.4) is 0 Å². The van der Waals surface area contributed by atoms with Gasteiger partial charge in [-0.05, 0) is 97.1 Å². The van der Waals surface area contributed by atoms with Crippen molar-refractivity contribution in [3.63, 3.8) is 0 Å². The summed E-state index contributed by atoms with van der Waals surface area (Å²) in [4.78, 5) is 13.1. The van der Waals surface area contributed by atoms with E-state index in [1.807, 2.05) is 6.07 Å². The minimum Gasteiger partial charge on any atom is -0.347 e. The number of carbonyl (C=O) groups excluding carboxylic acids is 1. The van der Waals surface area contributed by atoms with Crippen molar-refractivity contribution >= 4 is 23.8 Å². The second kappa shape index (κ2) is 14.0. The number of rotatable bonds is 11. The molecule has 2 aromatic carbocycles. The van der Waals surface area contributed by atoms with E-state index in [9.17, 15) is 30.9 Å². The molecule has 0 aromatic heterocycles. The van der Waals surface area contributed by atoms with Crippen molar-refractivity contribution < 1.29 is 44.5 Å². The molecule has 1 aliphatic rings. The topological polar surface area (TPSA) is 120 Å². The number of phosphoric acid groups is 1. The maximum atomic E-state index is 13.6. The molecule has 44 heavy (non-hydrogen) atoms. The zero-order chi connectivity index (χ0) is 33.0. The fourth-order valence-electron chi connectivity index (χ4n) is 4.69. The minimum atomic E-state index is -4.57. The number of nitrogens with one attached hydrogen (secondary N) is 2.